The van der Waals surface area contributed by atoms with Crippen molar-refractivity contribution in [3.63, 3.8) is 0 Å². The number of para-hydroxylation sites is 1. The number of benzene rings is 7. The molecule has 7 aromatic carbocycles. The lowest BCUT2D eigenvalue weighted by atomic mass is 9.98. The van der Waals surface area contributed by atoms with Crippen molar-refractivity contribution in [2.24, 2.45) is 0 Å². The van der Waals surface area contributed by atoms with Crippen LogP contribution in [0, 0.1) is 11.3 Å². The van der Waals surface area contributed by atoms with E-state index < -0.39 is 0 Å². The van der Waals surface area contributed by atoms with E-state index in [0.29, 0.717) is 11.4 Å². The SMILES string of the molecule is N#Cc1ccccc1-c1ccc2oc3ccc(-n4c5ccccc5c5cc(-c6nc(-c7ccccc7)cc(-c7ccccc7)n6)ccc54)cc3c2c1. The van der Waals surface area contributed by atoms with Crippen molar-refractivity contribution in [3.8, 4) is 56.8 Å². The van der Waals surface area contributed by atoms with Crippen LogP contribution in [0.2, 0.25) is 0 Å². The smallest absolute Gasteiger partial charge is 0.160 e. The van der Waals surface area contributed by atoms with Crippen LogP contribution in [-0.2, 0) is 0 Å². The van der Waals surface area contributed by atoms with Gasteiger partial charge in [0, 0.05) is 43.9 Å². The summed E-state index contributed by atoms with van der Waals surface area (Å²) < 4.78 is 8.62. The normalized spacial score (nSPS) is 11.4. The number of nitrogens with zero attached hydrogens (tertiary/aromatic N) is 4. The van der Waals surface area contributed by atoms with Gasteiger partial charge in [-0.1, -0.05) is 103 Å². The minimum absolute atomic E-state index is 0.647. The van der Waals surface area contributed by atoms with Crippen LogP contribution in [0.4, 0.5) is 0 Å². The van der Waals surface area contributed by atoms with Crippen molar-refractivity contribution >= 4 is 43.7 Å². The average Bonchev–Trinajstić information content (AvgIpc) is 3.75. The van der Waals surface area contributed by atoms with E-state index in [1.54, 1.807) is 0 Å². The molecule has 0 atom stereocenters. The number of hydrogen-bond acceptors (Lipinski definition) is 4. The molecule has 0 unspecified atom stereocenters. The van der Waals surface area contributed by atoms with E-state index in [1.807, 2.05) is 72.8 Å². The topological polar surface area (TPSA) is 67.6 Å². The van der Waals surface area contributed by atoms with E-state index >= 15 is 0 Å². The molecule has 0 aliphatic heterocycles. The van der Waals surface area contributed by atoms with Gasteiger partial charge in [-0.25, -0.2) is 9.97 Å². The highest BCUT2D eigenvalue weighted by atomic mass is 16.3. The molecule has 0 saturated heterocycles. The maximum absolute atomic E-state index is 9.76. The van der Waals surface area contributed by atoms with Gasteiger partial charge in [0.25, 0.3) is 0 Å². The molecule has 0 N–H and O–H groups in total. The first-order valence-corrected chi connectivity index (χ1v) is 17.2. The number of hydrogen-bond donors (Lipinski definition) is 0. The zero-order valence-electron chi connectivity index (χ0n) is 27.9. The lowest BCUT2D eigenvalue weighted by Crippen LogP contribution is -1.96. The molecule has 3 heterocycles. The Balaban J connectivity index is 1.14. The predicted molar refractivity (Wildman–Crippen MR) is 210 cm³/mol. The zero-order chi connectivity index (χ0) is 34.6. The molecule has 0 spiro atoms. The molecule has 0 saturated carbocycles. The lowest BCUT2D eigenvalue weighted by molar-refractivity contribution is 0.669. The van der Waals surface area contributed by atoms with Gasteiger partial charge >= 0.3 is 0 Å². The largest absolute Gasteiger partial charge is 0.456 e. The standard InChI is InChI=1S/C47H28N4O/c48-29-34-15-7-8-16-36(34)32-20-23-45-39(25-32)40-27-35(21-24-46(40)52-45)51-43-18-10-9-17-37(43)38-26-33(19-22-44(38)51)47-49-41(30-11-3-1-4-12-30)28-42(50-47)31-13-5-2-6-14-31/h1-28H. The van der Waals surface area contributed by atoms with Crippen LogP contribution in [-0.4, -0.2) is 14.5 Å². The van der Waals surface area contributed by atoms with Crippen LogP contribution >= 0.6 is 0 Å². The van der Waals surface area contributed by atoms with E-state index in [9.17, 15) is 5.26 Å². The Morgan fingerprint density at radius 3 is 1.81 bits per heavy atom. The second-order valence-electron chi connectivity index (χ2n) is 12.9. The van der Waals surface area contributed by atoms with Crippen LogP contribution < -0.4 is 0 Å². The van der Waals surface area contributed by atoms with E-state index in [-0.39, 0.29) is 0 Å². The molecule has 52 heavy (non-hydrogen) atoms. The fraction of sp³-hybridized carbons (Fsp3) is 0. The molecular weight excluding hydrogens is 637 g/mol. The summed E-state index contributed by atoms with van der Waals surface area (Å²) in [4.78, 5) is 10.2. The summed E-state index contributed by atoms with van der Waals surface area (Å²) in [7, 11) is 0. The summed E-state index contributed by atoms with van der Waals surface area (Å²) in [5.74, 6) is 0.680. The Labute approximate surface area is 299 Å². The zero-order valence-corrected chi connectivity index (χ0v) is 27.9. The molecule has 0 bridgehead atoms. The van der Waals surface area contributed by atoms with Gasteiger partial charge < -0.3 is 8.98 Å². The summed E-state index contributed by atoms with van der Waals surface area (Å²) in [6, 6.07) is 60.2. The number of aromatic nitrogens is 3. The molecule has 5 heteroatoms. The maximum Gasteiger partial charge on any atom is 0.160 e. The Hall–Kier alpha value is -7.29. The lowest BCUT2D eigenvalue weighted by Gasteiger charge is -2.10. The first kappa shape index (κ1) is 29.6. The fourth-order valence-electron chi connectivity index (χ4n) is 7.38. The summed E-state index contributed by atoms with van der Waals surface area (Å²) in [5, 5.41) is 14.1. The van der Waals surface area contributed by atoms with Crippen LogP contribution in [0.1, 0.15) is 5.56 Å². The van der Waals surface area contributed by atoms with E-state index in [4.69, 9.17) is 14.4 Å². The van der Waals surface area contributed by atoms with Crippen LogP contribution in [0.3, 0.4) is 0 Å². The Morgan fingerprint density at radius 2 is 1.06 bits per heavy atom. The van der Waals surface area contributed by atoms with Gasteiger partial charge in [-0.2, -0.15) is 5.26 Å². The molecule has 0 amide bonds. The first-order chi connectivity index (χ1) is 25.7. The van der Waals surface area contributed by atoms with E-state index in [2.05, 4.69) is 108 Å². The second-order valence-corrected chi connectivity index (χ2v) is 12.9. The number of fused-ring (bicyclic) bond motifs is 6. The molecule has 0 radical (unpaired) electrons. The molecule has 242 valence electrons. The van der Waals surface area contributed by atoms with Gasteiger partial charge in [-0.3, -0.25) is 0 Å². The Morgan fingerprint density at radius 1 is 0.462 bits per heavy atom. The summed E-state index contributed by atoms with van der Waals surface area (Å²) >= 11 is 0. The van der Waals surface area contributed by atoms with Crippen LogP contribution in [0.15, 0.2) is 174 Å². The third-order valence-electron chi connectivity index (χ3n) is 9.87. The van der Waals surface area contributed by atoms with Gasteiger partial charge in [0.1, 0.15) is 11.2 Å². The highest BCUT2D eigenvalue weighted by molar-refractivity contribution is 6.11. The van der Waals surface area contributed by atoms with Crippen LogP contribution in [0.25, 0.3) is 94.5 Å². The van der Waals surface area contributed by atoms with Gasteiger partial charge in [-0.05, 0) is 77.9 Å². The molecular formula is C47H28N4O. The minimum atomic E-state index is 0.647. The summed E-state index contributed by atoms with van der Waals surface area (Å²) in [6.07, 6.45) is 0. The predicted octanol–water partition coefficient (Wildman–Crippen LogP) is 12.0. The van der Waals surface area contributed by atoms with Crippen molar-refractivity contribution < 1.29 is 4.42 Å². The monoisotopic (exact) mass is 664 g/mol. The second kappa shape index (κ2) is 11.9. The van der Waals surface area contributed by atoms with Crippen molar-refractivity contribution in [2.75, 3.05) is 0 Å². The number of furan rings is 1. The Kier molecular flexibility index (Phi) is 6.80. The summed E-state index contributed by atoms with van der Waals surface area (Å²) in [5.41, 5.74) is 12.2. The summed E-state index contributed by atoms with van der Waals surface area (Å²) in [6.45, 7) is 0. The van der Waals surface area contributed by atoms with Crippen molar-refractivity contribution in [1.29, 1.82) is 5.26 Å². The molecule has 0 fully saturated rings. The number of nitriles is 1. The minimum Gasteiger partial charge on any atom is -0.456 e. The molecule has 0 aliphatic carbocycles. The van der Waals surface area contributed by atoms with Crippen molar-refractivity contribution in [3.05, 3.63) is 175 Å². The first-order valence-electron chi connectivity index (χ1n) is 17.2. The third-order valence-corrected chi connectivity index (χ3v) is 9.87. The molecule has 5 nitrogen and oxygen atoms in total. The van der Waals surface area contributed by atoms with Gasteiger partial charge in [0.15, 0.2) is 5.82 Å². The van der Waals surface area contributed by atoms with Crippen molar-refractivity contribution in [1.82, 2.24) is 14.5 Å². The van der Waals surface area contributed by atoms with E-state index in [1.165, 1.54) is 0 Å². The van der Waals surface area contributed by atoms with Gasteiger partial charge in [0.2, 0.25) is 0 Å². The third kappa shape index (κ3) is 4.86. The van der Waals surface area contributed by atoms with Crippen molar-refractivity contribution in [2.45, 2.75) is 0 Å². The molecule has 3 aromatic heterocycles. The maximum atomic E-state index is 9.76. The molecule has 10 rings (SSSR count). The van der Waals surface area contributed by atoms with Gasteiger partial charge in [-0.15, -0.1) is 0 Å². The Bertz CT molecular complexity index is 2970. The van der Waals surface area contributed by atoms with E-state index in [0.717, 1.165) is 88.6 Å². The molecule has 10 aromatic rings. The number of rotatable bonds is 5. The molecule has 0 aliphatic rings. The van der Waals surface area contributed by atoms with Crippen LogP contribution in [0.5, 0.6) is 0 Å². The highest BCUT2D eigenvalue weighted by Crippen LogP contribution is 2.38. The fourth-order valence-corrected chi connectivity index (χ4v) is 7.38. The van der Waals surface area contributed by atoms with Gasteiger partial charge in [0.05, 0.1) is 34.1 Å². The highest BCUT2D eigenvalue weighted by Gasteiger charge is 2.18. The quantitative estimate of drug-likeness (QED) is 0.184. The average molecular weight is 665 g/mol.